The highest BCUT2D eigenvalue weighted by Gasteiger charge is 2.63. The summed E-state index contributed by atoms with van der Waals surface area (Å²) in [6, 6.07) is 7.20. The number of H-pyrrole nitrogens is 1. The molecule has 4 heterocycles. The first-order chi connectivity index (χ1) is 18.5. The predicted octanol–water partition coefficient (Wildman–Crippen LogP) is 0.863. The molecule has 0 spiro atoms. The Morgan fingerprint density at radius 2 is 2.10 bits per heavy atom. The summed E-state index contributed by atoms with van der Waals surface area (Å²) in [5.41, 5.74) is 3.87. The number of para-hydroxylation sites is 1. The summed E-state index contributed by atoms with van der Waals surface area (Å²) in [7, 11) is -4.23. The molecule has 6 atom stereocenters. The maximum absolute atomic E-state index is 13.9. The molecular formula is C23H29N6O9P. The van der Waals surface area contributed by atoms with Gasteiger partial charge in [-0.3, -0.25) is 23.7 Å². The Morgan fingerprint density at radius 1 is 1.36 bits per heavy atom. The van der Waals surface area contributed by atoms with Crippen LogP contribution in [0.2, 0.25) is 0 Å². The highest BCUT2D eigenvalue weighted by Crippen LogP contribution is 2.50. The quantitative estimate of drug-likeness (QED) is 0.200. The number of anilines is 1. The van der Waals surface area contributed by atoms with Crippen LogP contribution in [0.3, 0.4) is 0 Å². The Labute approximate surface area is 222 Å². The number of nitrogens with one attached hydrogen (secondary N) is 2. The van der Waals surface area contributed by atoms with Crippen molar-refractivity contribution in [1.82, 2.24) is 24.6 Å². The van der Waals surface area contributed by atoms with Gasteiger partial charge in [0.15, 0.2) is 17.4 Å². The van der Waals surface area contributed by atoms with Gasteiger partial charge < -0.3 is 29.6 Å². The minimum Gasteiger partial charge on any atom is -0.462 e. The maximum Gasteiger partial charge on any atom is 0.459 e. The van der Waals surface area contributed by atoms with Crippen LogP contribution in [0.5, 0.6) is 5.75 Å². The van der Waals surface area contributed by atoms with Crippen molar-refractivity contribution in [3.63, 3.8) is 0 Å². The van der Waals surface area contributed by atoms with Crippen LogP contribution in [0.4, 0.5) is 5.95 Å². The highest BCUT2D eigenvalue weighted by atomic mass is 31.2. The third-order valence-electron chi connectivity index (χ3n) is 6.24. The molecule has 2 fully saturated rings. The lowest BCUT2D eigenvalue weighted by atomic mass is 10.0. The molecule has 0 aliphatic carbocycles. The summed E-state index contributed by atoms with van der Waals surface area (Å²) >= 11 is 0. The first-order valence-electron chi connectivity index (χ1n) is 12.2. The molecule has 210 valence electrons. The number of aromatic nitrogens is 4. The van der Waals surface area contributed by atoms with Crippen LogP contribution in [0.1, 0.15) is 27.0 Å². The maximum atomic E-state index is 13.9. The number of nitrogen functional groups attached to an aromatic ring is 1. The molecule has 39 heavy (non-hydrogen) atoms. The number of carbonyl (C=O) groups is 1. The van der Waals surface area contributed by atoms with Gasteiger partial charge in [0.1, 0.15) is 29.6 Å². The molecule has 5 rings (SSSR count). The summed E-state index contributed by atoms with van der Waals surface area (Å²) < 4.78 is 43.9. The minimum atomic E-state index is -4.23. The lowest BCUT2D eigenvalue weighted by Crippen LogP contribution is -2.46. The molecule has 16 heteroatoms. The fraction of sp³-hybridized carbons (Fsp3) is 0.478. The molecule has 2 saturated heterocycles. The van der Waals surface area contributed by atoms with Crippen molar-refractivity contribution < 1.29 is 37.7 Å². The van der Waals surface area contributed by atoms with Crippen molar-refractivity contribution in [2.75, 3.05) is 18.9 Å². The molecule has 3 aromatic rings. The van der Waals surface area contributed by atoms with Crippen molar-refractivity contribution >= 4 is 30.8 Å². The monoisotopic (exact) mass is 564 g/mol. The number of aliphatic hydroxyl groups excluding tert-OH is 1. The molecule has 2 aliphatic heterocycles. The topological polar surface area (TPSA) is 202 Å². The van der Waals surface area contributed by atoms with Gasteiger partial charge in [-0.1, -0.05) is 18.2 Å². The van der Waals surface area contributed by atoms with E-state index in [4.69, 9.17) is 29.0 Å². The third kappa shape index (κ3) is 5.29. The molecule has 0 saturated carbocycles. The molecule has 0 amide bonds. The zero-order valence-corrected chi connectivity index (χ0v) is 22.2. The van der Waals surface area contributed by atoms with Gasteiger partial charge in [-0.2, -0.15) is 10.1 Å². The standard InChI is InChI=1S/C23H29N6O9P/c1-12(2)36-21(32)13(3)28-39(33,38-14-7-5-4-6-8-14)35-10-23-9-34-16(17(23)30)20(37-23)29-11-25-15-18(29)26-22(24)27-19(15)31/h4-8,11-13,16-17,20,30H,9-10H2,1-3H3,(H,28,33)(H3,24,26,27,31)/t13-,16+,17-,20?,23+,39?/m0/s1. The first kappa shape index (κ1) is 27.2. The normalized spacial score (nSPS) is 26.5. The Kier molecular flexibility index (Phi) is 7.22. The third-order valence-corrected chi connectivity index (χ3v) is 7.86. The van der Waals surface area contributed by atoms with Gasteiger partial charge in [0.2, 0.25) is 5.95 Å². The average Bonchev–Trinajstić information content (AvgIpc) is 3.52. The number of hydrogen-bond acceptors (Lipinski definition) is 12. The van der Waals surface area contributed by atoms with Gasteiger partial charge >= 0.3 is 13.7 Å². The highest BCUT2D eigenvalue weighted by molar-refractivity contribution is 7.52. The second-order valence-electron chi connectivity index (χ2n) is 9.58. The van der Waals surface area contributed by atoms with Crippen LogP contribution in [-0.2, 0) is 28.1 Å². The molecule has 2 aromatic heterocycles. The van der Waals surface area contributed by atoms with Crippen molar-refractivity contribution in [1.29, 1.82) is 0 Å². The zero-order valence-electron chi connectivity index (χ0n) is 21.3. The van der Waals surface area contributed by atoms with Crippen LogP contribution >= 0.6 is 7.75 Å². The van der Waals surface area contributed by atoms with E-state index in [2.05, 4.69) is 20.0 Å². The number of nitrogens with two attached hydrogens (primary N) is 1. The fourth-order valence-corrected chi connectivity index (χ4v) is 5.94. The zero-order chi connectivity index (χ0) is 27.9. The summed E-state index contributed by atoms with van der Waals surface area (Å²) in [6.07, 6.45) is -2.10. The summed E-state index contributed by atoms with van der Waals surface area (Å²) in [5.74, 6) is -0.550. The summed E-state index contributed by atoms with van der Waals surface area (Å²) in [6.45, 7) is 4.32. The molecule has 2 bridgehead atoms. The van der Waals surface area contributed by atoms with Crippen molar-refractivity contribution in [2.45, 2.75) is 57.0 Å². The van der Waals surface area contributed by atoms with E-state index >= 15 is 0 Å². The molecule has 2 aliphatic rings. The van der Waals surface area contributed by atoms with Gasteiger partial charge in [0.25, 0.3) is 5.56 Å². The van der Waals surface area contributed by atoms with Crippen LogP contribution in [-0.4, -0.2) is 73.8 Å². The number of benzene rings is 1. The number of fused-ring (bicyclic) bond motifs is 3. The molecule has 15 nitrogen and oxygen atoms in total. The number of rotatable bonds is 10. The number of nitrogens with zero attached hydrogens (tertiary/aromatic N) is 3. The van der Waals surface area contributed by atoms with Gasteiger partial charge in [0, 0.05) is 0 Å². The van der Waals surface area contributed by atoms with Gasteiger partial charge in [-0.05, 0) is 32.9 Å². The molecule has 1 aromatic carbocycles. The van der Waals surface area contributed by atoms with Crippen molar-refractivity contribution in [3.05, 3.63) is 47.0 Å². The Balaban J connectivity index is 1.38. The van der Waals surface area contributed by atoms with Crippen LogP contribution in [0.25, 0.3) is 11.2 Å². The number of esters is 1. The second-order valence-corrected chi connectivity index (χ2v) is 11.3. The van der Waals surface area contributed by atoms with E-state index in [0.717, 1.165) is 0 Å². The van der Waals surface area contributed by atoms with Crippen LogP contribution in [0, 0.1) is 0 Å². The van der Waals surface area contributed by atoms with Crippen molar-refractivity contribution in [3.8, 4) is 5.75 Å². The van der Waals surface area contributed by atoms with Crippen LogP contribution < -0.4 is 20.9 Å². The summed E-state index contributed by atoms with van der Waals surface area (Å²) in [5, 5.41) is 13.7. The molecule has 2 unspecified atom stereocenters. The van der Waals surface area contributed by atoms with E-state index in [-0.39, 0.29) is 35.6 Å². The Morgan fingerprint density at radius 3 is 2.82 bits per heavy atom. The second kappa shape index (κ2) is 10.3. The van der Waals surface area contributed by atoms with E-state index in [1.54, 1.807) is 44.2 Å². The predicted molar refractivity (Wildman–Crippen MR) is 136 cm³/mol. The smallest absolute Gasteiger partial charge is 0.459 e. The van der Waals surface area contributed by atoms with E-state index in [1.165, 1.54) is 17.8 Å². The lowest BCUT2D eigenvalue weighted by molar-refractivity contribution is -0.183. The SMILES string of the molecule is CC(C)OC(=O)[C@H](C)NP(=O)(OC[C@@]12CO[C@@H](C(n3cnc4c(=O)[nH]c(N)nc43)O1)[C@@H]2O)Oc1ccccc1. The van der Waals surface area contributed by atoms with Gasteiger partial charge in [0.05, 0.1) is 25.6 Å². The number of ether oxygens (including phenoxy) is 3. The fourth-order valence-electron chi connectivity index (χ4n) is 4.40. The number of aromatic amines is 1. The van der Waals surface area contributed by atoms with Gasteiger partial charge in [-0.25, -0.2) is 9.55 Å². The lowest BCUT2D eigenvalue weighted by Gasteiger charge is -2.32. The summed E-state index contributed by atoms with van der Waals surface area (Å²) in [4.78, 5) is 35.2. The van der Waals surface area contributed by atoms with Crippen LogP contribution in [0.15, 0.2) is 41.5 Å². The Bertz CT molecular complexity index is 1460. The number of imidazole rings is 1. The largest absolute Gasteiger partial charge is 0.462 e. The van der Waals surface area contributed by atoms with E-state index in [1.807, 2.05) is 0 Å². The minimum absolute atomic E-state index is 0.0302. The van der Waals surface area contributed by atoms with Gasteiger partial charge in [-0.15, -0.1) is 0 Å². The van der Waals surface area contributed by atoms with E-state index < -0.39 is 56.0 Å². The number of hydrogen-bond donors (Lipinski definition) is 4. The Hall–Kier alpha value is -3.33. The number of aliphatic hydroxyl groups is 1. The number of carbonyl (C=O) groups excluding carboxylic acids is 1. The average molecular weight is 564 g/mol. The first-order valence-corrected chi connectivity index (χ1v) is 13.7. The molecule has 5 N–H and O–H groups in total. The van der Waals surface area contributed by atoms with E-state index in [0.29, 0.717) is 0 Å². The van der Waals surface area contributed by atoms with E-state index in [9.17, 15) is 19.3 Å². The van der Waals surface area contributed by atoms with Crippen molar-refractivity contribution in [2.24, 2.45) is 0 Å². The molecule has 0 radical (unpaired) electrons. The molecular weight excluding hydrogens is 535 g/mol.